The van der Waals surface area contributed by atoms with Gasteiger partial charge in [-0.15, -0.1) is 0 Å². The summed E-state index contributed by atoms with van der Waals surface area (Å²) >= 11 is 0. The highest BCUT2D eigenvalue weighted by atomic mass is 19.4. The Kier molecular flexibility index (Phi) is 5.47. The minimum Gasteiger partial charge on any atom is -0.376 e. The number of nitrogens with zero attached hydrogens (tertiary/aromatic N) is 1. The molecule has 0 amide bonds. The average Bonchev–Trinajstić information content (AvgIpc) is 2.33. The molecule has 0 aliphatic rings. The van der Waals surface area contributed by atoms with E-state index in [9.17, 15) is 13.2 Å². The lowest BCUT2D eigenvalue weighted by atomic mass is 10.2. The highest BCUT2D eigenvalue weighted by Gasteiger charge is 2.26. The summed E-state index contributed by atoms with van der Waals surface area (Å²) in [6.07, 6.45) is -4.19. The predicted molar refractivity (Wildman–Crippen MR) is 67.6 cm³/mol. The van der Waals surface area contributed by atoms with Gasteiger partial charge in [-0.3, -0.25) is 4.90 Å². The van der Waals surface area contributed by atoms with Crippen LogP contribution in [-0.4, -0.2) is 30.7 Å². The maximum Gasteiger partial charge on any atom is 0.405 e. The van der Waals surface area contributed by atoms with Crippen molar-refractivity contribution in [3.05, 3.63) is 29.8 Å². The first-order chi connectivity index (χ1) is 8.44. The lowest BCUT2D eigenvalue weighted by Gasteiger charge is -2.18. The van der Waals surface area contributed by atoms with Crippen LogP contribution in [0.4, 0.5) is 18.9 Å². The van der Waals surface area contributed by atoms with Gasteiger partial charge in [0.15, 0.2) is 0 Å². The van der Waals surface area contributed by atoms with E-state index in [-0.39, 0.29) is 0 Å². The number of alkyl halides is 3. The molecule has 18 heavy (non-hydrogen) atoms. The van der Waals surface area contributed by atoms with Crippen LogP contribution in [0.1, 0.15) is 19.4 Å². The number of benzene rings is 1. The average molecular weight is 260 g/mol. The van der Waals surface area contributed by atoms with E-state index >= 15 is 0 Å². The van der Waals surface area contributed by atoms with Gasteiger partial charge in [0, 0.05) is 12.2 Å². The molecule has 0 bridgehead atoms. The number of rotatable bonds is 6. The van der Waals surface area contributed by atoms with Crippen LogP contribution in [0.5, 0.6) is 0 Å². The van der Waals surface area contributed by atoms with Crippen molar-refractivity contribution in [1.29, 1.82) is 0 Å². The van der Waals surface area contributed by atoms with Gasteiger partial charge in [-0.2, -0.15) is 13.2 Å². The molecule has 0 radical (unpaired) electrons. The summed E-state index contributed by atoms with van der Waals surface area (Å²) in [6.45, 7) is 5.74. The van der Waals surface area contributed by atoms with E-state index in [1.165, 1.54) is 0 Å². The summed E-state index contributed by atoms with van der Waals surface area (Å²) in [5, 5.41) is 2.39. The summed E-state index contributed by atoms with van der Waals surface area (Å²) in [5.74, 6) is 0. The molecule has 0 aliphatic carbocycles. The number of hydrogen-bond acceptors (Lipinski definition) is 2. The van der Waals surface area contributed by atoms with Gasteiger partial charge >= 0.3 is 6.18 Å². The molecular weight excluding hydrogens is 241 g/mol. The van der Waals surface area contributed by atoms with E-state index in [0.29, 0.717) is 5.69 Å². The number of hydrogen-bond donors (Lipinski definition) is 1. The Morgan fingerprint density at radius 3 is 2.39 bits per heavy atom. The molecular formula is C13H19F3N2. The third-order valence-corrected chi connectivity index (χ3v) is 2.72. The summed E-state index contributed by atoms with van der Waals surface area (Å²) in [7, 11) is 0. The summed E-state index contributed by atoms with van der Waals surface area (Å²) in [5.41, 5.74) is 1.53. The van der Waals surface area contributed by atoms with Gasteiger partial charge in [0.2, 0.25) is 0 Å². The molecule has 1 rings (SSSR count). The van der Waals surface area contributed by atoms with Gasteiger partial charge in [0.25, 0.3) is 0 Å². The van der Waals surface area contributed by atoms with Crippen molar-refractivity contribution in [1.82, 2.24) is 4.90 Å². The van der Waals surface area contributed by atoms with Crippen molar-refractivity contribution in [2.45, 2.75) is 26.6 Å². The van der Waals surface area contributed by atoms with Gasteiger partial charge < -0.3 is 5.32 Å². The fourth-order valence-electron chi connectivity index (χ4n) is 1.69. The van der Waals surface area contributed by atoms with Crippen LogP contribution in [0.2, 0.25) is 0 Å². The molecule has 1 aromatic rings. The summed E-state index contributed by atoms with van der Waals surface area (Å²) in [4.78, 5) is 2.21. The zero-order chi connectivity index (χ0) is 13.6. The van der Waals surface area contributed by atoms with Crippen molar-refractivity contribution in [3.63, 3.8) is 0 Å². The van der Waals surface area contributed by atoms with Crippen molar-refractivity contribution in [2.24, 2.45) is 0 Å². The van der Waals surface area contributed by atoms with Gasteiger partial charge in [0.05, 0.1) is 0 Å². The molecule has 1 N–H and O–H groups in total. The van der Waals surface area contributed by atoms with Crippen molar-refractivity contribution in [2.75, 3.05) is 25.0 Å². The van der Waals surface area contributed by atoms with Crippen molar-refractivity contribution in [3.8, 4) is 0 Å². The van der Waals surface area contributed by atoms with Crippen LogP contribution in [-0.2, 0) is 6.54 Å². The van der Waals surface area contributed by atoms with Gasteiger partial charge in [-0.05, 0) is 30.8 Å². The maximum atomic E-state index is 12.1. The van der Waals surface area contributed by atoms with Gasteiger partial charge in [0.1, 0.15) is 6.54 Å². The highest BCUT2D eigenvalue weighted by molar-refractivity contribution is 5.45. The second-order valence-corrected chi connectivity index (χ2v) is 4.13. The van der Waals surface area contributed by atoms with Crippen LogP contribution in [0, 0.1) is 0 Å². The standard InChI is InChI=1S/C13H19F3N2/c1-3-18(4-2)9-11-6-5-7-12(8-11)17-10-13(14,15)16/h5-8,17H,3-4,9-10H2,1-2H3. The molecule has 102 valence electrons. The third kappa shape index (κ3) is 5.40. The topological polar surface area (TPSA) is 15.3 Å². The first kappa shape index (κ1) is 14.8. The fraction of sp³-hybridized carbons (Fsp3) is 0.538. The van der Waals surface area contributed by atoms with Crippen LogP contribution >= 0.6 is 0 Å². The van der Waals surface area contributed by atoms with Gasteiger partial charge in [-0.1, -0.05) is 26.0 Å². The Hall–Kier alpha value is -1.23. The Labute approximate surface area is 106 Å². The largest absolute Gasteiger partial charge is 0.405 e. The molecule has 0 saturated carbocycles. The van der Waals surface area contributed by atoms with Crippen LogP contribution in [0.15, 0.2) is 24.3 Å². The van der Waals surface area contributed by atoms with E-state index in [0.717, 1.165) is 25.2 Å². The monoisotopic (exact) mass is 260 g/mol. The van der Waals surface area contributed by atoms with Gasteiger partial charge in [-0.25, -0.2) is 0 Å². The fourth-order valence-corrected chi connectivity index (χ4v) is 1.69. The smallest absolute Gasteiger partial charge is 0.376 e. The third-order valence-electron chi connectivity index (χ3n) is 2.72. The lowest BCUT2D eigenvalue weighted by molar-refractivity contribution is -0.115. The normalized spacial score (nSPS) is 11.9. The molecule has 0 atom stereocenters. The number of halogens is 3. The second-order valence-electron chi connectivity index (χ2n) is 4.13. The van der Waals surface area contributed by atoms with Crippen LogP contribution in [0.25, 0.3) is 0 Å². The molecule has 0 aromatic heterocycles. The van der Waals surface area contributed by atoms with E-state index in [4.69, 9.17) is 0 Å². The van der Waals surface area contributed by atoms with Crippen LogP contribution < -0.4 is 5.32 Å². The SMILES string of the molecule is CCN(CC)Cc1cccc(NCC(F)(F)F)c1. The second kappa shape index (κ2) is 6.64. The lowest BCUT2D eigenvalue weighted by Crippen LogP contribution is -2.23. The zero-order valence-corrected chi connectivity index (χ0v) is 10.7. The first-order valence-corrected chi connectivity index (χ1v) is 6.06. The van der Waals surface area contributed by atoms with Crippen molar-refractivity contribution < 1.29 is 13.2 Å². The highest BCUT2D eigenvalue weighted by Crippen LogP contribution is 2.18. The van der Waals surface area contributed by atoms with Crippen molar-refractivity contribution >= 4 is 5.69 Å². The molecule has 0 unspecified atom stereocenters. The molecule has 0 fully saturated rings. The minimum absolute atomic E-state index is 0.511. The Morgan fingerprint density at radius 1 is 1.17 bits per heavy atom. The Balaban J connectivity index is 2.62. The first-order valence-electron chi connectivity index (χ1n) is 6.06. The molecule has 0 saturated heterocycles. The molecule has 2 nitrogen and oxygen atoms in total. The molecule has 0 spiro atoms. The quantitative estimate of drug-likeness (QED) is 0.842. The zero-order valence-electron chi connectivity index (χ0n) is 10.7. The van der Waals surface area contributed by atoms with E-state index in [1.807, 2.05) is 6.07 Å². The predicted octanol–water partition coefficient (Wildman–Crippen LogP) is 3.50. The summed E-state index contributed by atoms with van der Waals surface area (Å²) < 4.78 is 36.3. The number of anilines is 1. The number of nitrogens with one attached hydrogen (secondary N) is 1. The molecule has 0 aliphatic heterocycles. The molecule has 5 heteroatoms. The molecule has 1 aromatic carbocycles. The van der Waals surface area contributed by atoms with E-state index < -0.39 is 12.7 Å². The molecule has 0 heterocycles. The van der Waals surface area contributed by atoms with E-state index in [1.54, 1.807) is 18.2 Å². The Bertz CT molecular complexity index is 359. The Morgan fingerprint density at radius 2 is 1.83 bits per heavy atom. The maximum absolute atomic E-state index is 12.1. The van der Waals surface area contributed by atoms with E-state index in [2.05, 4.69) is 24.1 Å². The summed E-state index contributed by atoms with van der Waals surface area (Å²) in [6, 6.07) is 7.12. The van der Waals surface area contributed by atoms with Crippen LogP contribution in [0.3, 0.4) is 0 Å². The minimum atomic E-state index is -4.19.